The normalized spacial score (nSPS) is 20.4. The zero-order chi connectivity index (χ0) is 31.0. The first-order valence-corrected chi connectivity index (χ1v) is 15.8. The minimum absolute atomic E-state index is 0.0709. The highest BCUT2D eigenvalue weighted by Gasteiger charge is 2.35. The van der Waals surface area contributed by atoms with Crippen molar-refractivity contribution in [3.63, 3.8) is 0 Å². The van der Waals surface area contributed by atoms with Crippen molar-refractivity contribution in [3.05, 3.63) is 59.2 Å². The van der Waals surface area contributed by atoms with E-state index in [-0.39, 0.29) is 17.6 Å². The number of aryl methyl sites for hydroxylation is 1. The van der Waals surface area contributed by atoms with Crippen molar-refractivity contribution < 1.29 is 19.1 Å². The average molecular weight is 591 g/mol. The lowest BCUT2D eigenvalue weighted by atomic mass is 9.86. The Morgan fingerprint density at radius 1 is 1.19 bits per heavy atom. The molecule has 0 radical (unpaired) electrons. The van der Waals surface area contributed by atoms with E-state index in [9.17, 15) is 9.59 Å². The number of fused-ring (bicyclic) bond motifs is 2. The van der Waals surface area contributed by atoms with E-state index in [0.29, 0.717) is 37.7 Å². The molecular weight excluding hydrogens is 540 g/mol. The second kappa shape index (κ2) is 14.3. The van der Waals surface area contributed by atoms with Crippen LogP contribution in [0.4, 0.5) is 0 Å². The van der Waals surface area contributed by atoms with Crippen molar-refractivity contribution >= 4 is 18.2 Å². The lowest BCUT2D eigenvalue weighted by molar-refractivity contribution is -0.122. The predicted molar refractivity (Wildman–Crippen MR) is 172 cm³/mol. The Morgan fingerprint density at radius 3 is 2.72 bits per heavy atom. The molecule has 0 aromatic heterocycles. The van der Waals surface area contributed by atoms with E-state index < -0.39 is 5.54 Å². The van der Waals surface area contributed by atoms with Gasteiger partial charge in [-0.3, -0.25) is 4.79 Å². The molecule has 0 spiro atoms. The van der Waals surface area contributed by atoms with Gasteiger partial charge in [-0.1, -0.05) is 43.7 Å². The Balaban J connectivity index is 1.35. The van der Waals surface area contributed by atoms with Gasteiger partial charge in [-0.15, -0.1) is 0 Å². The molecule has 2 aromatic carbocycles. The van der Waals surface area contributed by atoms with Crippen molar-refractivity contribution in [2.24, 2.45) is 16.6 Å². The summed E-state index contributed by atoms with van der Waals surface area (Å²) in [6.07, 6.45) is 8.61. The third kappa shape index (κ3) is 8.74. The maximum absolute atomic E-state index is 13.2. The molecule has 0 saturated carbocycles. The van der Waals surface area contributed by atoms with Gasteiger partial charge in [0, 0.05) is 38.9 Å². The summed E-state index contributed by atoms with van der Waals surface area (Å²) in [6.45, 7) is 6.87. The second-order valence-corrected chi connectivity index (χ2v) is 13.1. The second-order valence-electron chi connectivity index (χ2n) is 13.1. The maximum Gasteiger partial charge on any atom is 0.220 e. The molecule has 2 aromatic rings. The molecule has 3 N–H and O–H groups in total. The van der Waals surface area contributed by atoms with Gasteiger partial charge in [0.05, 0.1) is 18.2 Å². The SMILES string of the molecule is CC[C@](CC=O)(CCCCc1ccc2c(c1)C(NC(=O)CCC1COc3ccccc3C1)CC(C)(C)O2)N=C(N)N(C)C. The van der Waals surface area contributed by atoms with Gasteiger partial charge >= 0.3 is 0 Å². The van der Waals surface area contributed by atoms with Crippen LogP contribution in [0.1, 0.15) is 94.9 Å². The first-order chi connectivity index (χ1) is 20.5. The Labute approximate surface area is 257 Å². The van der Waals surface area contributed by atoms with E-state index >= 15 is 0 Å². The fourth-order valence-electron chi connectivity index (χ4n) is 6.25. The summed E-state index contributed by atoms with van der Waals surface area (Å²) in [7, 11) is 3.73. The minimum Gasteiger partial charge on any atom is -0.493 e. The monoisotopic (exact) mass is 590 g/mol. The molecule has 8 heteroatoms. The van der Waals surface area contributed by atoms with Gasteiger partial charge in [-0.05, 0) is 81.5 Å². The van der Waals surface area contributed by atoms with E-state index in [1.54, 1.807) is 4.90 Å². The summed E-state index contributed by atoms with van der Waals surface area (Å²) >= 11 is 0. The van der Waals surface area contributed by atoms with Crippen LogP contribution in [0.15, 0.2) is 47.5 Å². The fraction of sp³-hybridized carbons (Fsp3) is 0.571. The summed E-state index contributed by atoms with van der Waals surface area (Å²) < 4.78 is 12.2. The maximum atomic E-state index is 13.2. The highest BCUT2D eigenvalue weighted by Crippen LogP contribution is 2.40. The van der Waals surface area contributed by atoms with E-state index in [2.05, 4.69) is 44.3 Å². The number of carbonyl (C=O) groups excluding carboxylic acids is 2. The number of ether oxygens (including phenoxy) is 2. The van der Waals surface area contributed by atoms with E-state index in [1.807, 2.05) is 38.4 Å². The summed E-state index contributed by atoms with van der Waals surface area (Å²) in [6, 6.07) is 14.4. The lowest BCUT2D eigenvalue weighted by Crippen LogP contribution is -2.41. The molecule has 1 amide bonds. The molecule has 4 rings (SSSR count). The number of nitrogens with zero attached hydrogens (tertiary/aromatic N) is 2. The Hall–Kier alpha value is -3.55. The molecular formula is C35H50N4O4. The van der Waals surface area contributed by atoms with Crippen LogP contribution >= 0.6 is 0 Å². The third-order valence-corrected chi connectivity index (χ3v) is 8.89. The molecule has 2 aliphatic rings. The Kier molecular flexibility index (Phi) is 10.7. The van der Waals surface area contributed by atoms with Crippen molar-refractivity contribution in [1.82, 2.24) is 10.2 Å². The van der Waals surface area contributed by atoms with E-state index in [4.69, 9.17) is 20.2 Å². The molecule has 0 saturated heterocycles. The van der Waals surface area contributed by atoms with Crippen molar-refractivity contribution in [2.45, 2.75) is 102 Å². The number of nitrogens with one attached hydrogen (secondary N) is 1. The van der Waals surface area contributed by atoms with Gasteiger partial charge < -0.3 is 30.2 Å². The zero-order valence-electron chi connectivity index (χ0n) is 26.7. The molecule has 2 unspecified atom stereocenters. The van der Waals surface area contributed by atoms with Crippen LogP contribution < -0.4 is 20.5 Å². The van der Waals surface area contributed by atoms with Crippen molar-refractivity contribution in [3.8, 4) is 11.5 Å². The van der Waals surface area contributed by atoms with Crippen LogP contribution in [0.5, 0.6) is 11.5 Å². The molecule has 8 nitrogen and oxygen atoms in total. The number of guanidine groups is 1. The largest absolute Gasteiger partial charge is 0.493 e. The van der Waals surface area contributed by atoms with Gasteiger partial charge in [0.15, 0.2) is 5.96 Å². The van der Waals surface area contributed by atoms with Crippen LogP contribution in [0.25, 0.3) is 0 Å². The zero-order valence-corrected chi connectivity index (χ0v) is 26.7. The van der Waals surface area contributed by atoms with E-state index in [1.165, 1.54) is 11.1 Å². The number of aliphatic imine (C=N–C) groups is 1. The molecule has 2 heterocycles. The predicted octanol–water partition coefficient (Wildman–Crippen LogP) is 5.76. The van der Waals surface area contributed by atoms with Crippen LogP contribution in [0.2, 0.25) is 0 Å². The molecule has 0 aliphatic carbocycles. The molecule has 0 fully saturated rings. The smallest absolute Gasteiger partial charge is 0.220 e. The number of amides is 1. The number of para-hydroxylation sites is 1. The highest BCUT2D eigenvalue weighted by atomic mass is 16.5. The third-order valence-electron chi connectivity index (χ3n) is 8.89. The summed E-state index contributed by atoms with van der Waals surface area (Å²) in [4.78, 5) is 31.2. The molecule has 2 aliphatic heterocycles. The topological polar surface area (TPSA) is 106 Å². The molecule has 234 valence electrons. The van der Waals surface area contributed by atoms with Crippen LogP contribution in [-0.2, 0) is 22.4 Å². The fourth-order valence-corrected chi connectivity index (χ4v) is 6.25. The molecule has 43 heavy (non-hydrogen) atoms. The number of benzene rings is 2. The summed E-state index contributed by atoms with van der Waals surface area (Å²) in [5.41, 5.74) is 8.77. The Bertz CT molecular complexity index is 1290. The number of nitrogens with two attached hydrogens (primary N) is 1. The standard InChI is InChI=1S/C35H50N4O4/c1-6-35(19-20-40,38-33(36)39(4)5)18-10-9-11-25-14-16-31-28(22-25)29(23-34(2,3)43-31)37-32(41)17-15-26-21-27-12-7-8-13-30(27)42-24-26/h7-8,12-14,16,20,22,26,29H,6,9-11,15,17-19,21,23-24H2,1-5H3,(H2,36,38)(H,37,41)/t26?,29?,35-/m1/s1. The van der Waals surface area contributed by atoms with Gasteiger partial charge in [-0.2, -0.15) is 0 Å². The lowest BCUT2D eigenvalue weighted by Gasteiger charge is -2.38. The minimum atomic E-state index is -0.464. The quantitative estimate of drug-likeness (QED) is 0.133. The van der Waals surface area contributed by atoms with Crippen LogP contribution in [0, 0.1) is 5.92 Å². The number of hydrogen-bond donors (Lipinski definition) is 2. The van der Waals surface area contributed by atoms with Crippen molar-refractivity contribution in [1.29, 1.82) is 0 Å². The number of rotatable bonds is 13. The first-order valence-electron chi connectivity index (χ1n) is 15.8. The van der Waals surface area contributed by atoms with Crippen LogP contribution in [-0.4, -0.2) is 54.9 Å². The number of carbonyl (C=O) groups is 2. The summed E-state index contributed by atoms with van der Waals surface area (Å²) in [5.74, 6) is 2.67. The number of hydrogen-bond acceptors (Lipinski definition) is 5. The average Bonchev–Trinajstić information content (AvgIpc) is 2.97. The van der Waals surface area contributed by atoms with Gasteiger partial charge in [0.25, 0.3) is 0 Å². The molecule has 3 atom stereocenters. The van der Waals surface area contributed by atoms with E-state index in [0.717, 1.165) is 68.3 Å². The van der Waals surface area contributed by atoms with Crippen LogP contribution in [0.3, 0.4) is 0 Å². The molecule has 0 bridgehead atoms. The number of aldehydes is 1. The first kappa shape index (κ1) is 32.4. The van der Waals surface area contributed by atoms with Gasteiger partial charge in [-0.25, -0.2) is 4.99 Å². The van der Waals surface area contributed by atoms with Gasteiger partial charge in [0.1, 0.15) is 23.4 Å². The highest BCUT2D eigenvalue weighted by molar-refractivity contribution is 5.78. The number of unbranched alkanes of at least 4 members (excludes halogenated alkanes) is 1. The van der Waals surface area contributed by atoms with Crippen molar-refractivity contribution in [2.75, 3.05) is 20.7 Å². The van der Waals surface area contributed by atoms with Gasteiger partial charge in [0.2, 0.25) is 5.91 Å². The summed E-state index contributed by atoms with van der Waals surface area (Å²) in [5, 5.41) is 3.33. The Morgan fingerprint density at radius 2 is 1.98 bits per heavy atom.